The van der Waals surface area contributed by atoms with Crippen molar-refractivity contribution >= 4 is 27.6 Å². The number of hydrogen-bond donors (Lipinski definition) is 2. The number of nitrogens with one attached hydrogen (secondary N) is 1. The molecule has 3 rings (SSSR count). The lowest BCUT2D eigenvalue weighted by Crippen LogP contribution is -2.34. The van der Waals surface area contributed by atoms with Gasteiger partial charge in [-0.2, -0.15) is 0 Å². The Bertz CT molecular complexity index is 1350. The first-order valence-corrected chi connectivity index (χ1v) is 11.2. The standard InChI is InChI=1S/C19H19F3N6O4S/c1-9-15(25-33(4,31)32)5-6-16(23-9)17-18(27(3)26-24-17)28(19(29)30)10(2)11-7-13(21)14(22)8-12(11)20/h5-8,10,25H,1-4H3,(H,29,30)/t10-/m1/s1. The minimum Gasteiger partial charge on any atom is -0.465 e. The van der Waals surface area contributed by atoms with Crippen LogP contribution < -0.4 is 9.62 Å². The molecule has 1 amide bonds. The Hall–Kier alpha value is -3.68. The summed E-state index contributed by atoms with van der Waals surface area (Å²) in [7, 11) is -2.17. The van der Waals surface area contributed by atoms with Crippen molar-refractivity contribution in [1.82, 2.24) is 20.0 Å². The molecule has 0 saturated carbocycles. The van der Waals surface area contributed by atoms with Gasteiger partial charge >= 0.3 is 6.09 Å². The number of aryl methyl sites for hydroxylation is 2. The highest BCUT2D eigenvalue weighted by atomic mass is 32.2. The smallest absolute Gasteiger partial charge is 0.413 e. The molecular formula is C19H19F3N6O4S. The van der Waals surface area contributed by atoms with Crippen LogP contribution in [0.4, 0.5) is 29.5 Å². The maximum atomic E-state index is 14.4. The number of hydrogen-bond acceptors (Lipinski definition) is 6. The third kappa shape index (κ3) is 4.89. The molecule has 0 bridgehead atoms. The lowest BCUT2D eigenvalue weighted by atomic mass is 10.1. The topological polar surface area (TPSA) is 130 Å². The Balaban J connectivity index is 2.12. The fraction of sp³-hybridized carbons (Fsp3) is 0.263. The van der Waals surface area contributed by atoms with Crippen LogP contribution in [0.15, 0.2) is 24.3 Å². The second kappa shape index (κ2) is 8.69. The van der Waals surface area contributed by atoms with Gasteiger partial charge in [0, 0.05) is 18.7 Å². The molecule has 0 fully saturated rings. The summed E-state index contributed by atoms with van der Waals surface area (Å²) < 4.78 is 67.9. The number of amides is 1. The summed E-state index contributed by atoms with van der Waals surface area (Å²) in [6.07, 6.45) is -0.560. The summed E-state index contributed by atoms with van der Waals surface area (Å²) in [5.74, 6) is -3.99. The maximum absolute atomic E-state index is 14.4. The van der Waals surface area contributed by atoms with E-state index in [1.165, 1.54) is 33.0 Å². The van der Waals surface area contributed by atoms with Crippen LogP contribution in [0.25, 0.3) is 11.4 Å². The highest BCUT2D eigenvalue weighted by Crippen LogP contribution is 2.35. The van der Waals surface area contributed by atoms with Crippen LogP contribution in [-0.4, -0.2) is 45.9 Å². The molecule has 2 aromatic heterocycles. The van der Waals surface area contributed by atoms with Gasteiger partial charge in [-0.15, -0.1) is 5.10 Å². The van der Waals surface area contributed by atoms with Crippen LogP contribution in [0.5, 0.6) is 0 Å². The van der Waals surface area contributed by atoms with Gasteiger partial charge in [0.05, 0.1) is 29.4 Å². The van der Waals surface area contributed by atoms with Crippen LogP contribution >= 0.6 is 0 Å². The van der Waals surface area contributed by atoms with Crippen LogP contribution in [0, 0.1) is 24.4 Å². The Morgan fingerprint density at radius 3 is 2.39 bits per heavy atom. The number of rotatable bonds is 6. The highest BCUT2D eigenvalue weighted by molar-refractivity contribution is 7.92. The van der Waals surface area contributed by atoms with Gasteiger partial charge in [0.1, 0.15) is 5.82 Å². The molecule has 176 valence electrons. The molecule has 0 spiro atoms. The third-order valence-corrected chi connectivity index (χ3v) is 5.32. The molecule has 0 radical (unpaired) electrons. The fourth-order valence-electron chi connectivity index (χ4n) is 3.23. The van der Waals surface area contributed by atoms with Gasteiger partial charge in [0.25, 0.3) is 0 Å². The number of anilines is 2. The van der Waals surface area contributed by atoms with Crippen LogP contribution in [-0.2, 0) is 17.1 Å². The summed E-state index contributed by atoms with van der Waals surface area (Å²) in [4.78, 5) is 17.1. The predicted molar refractivity (Wildman–Crippen MR) is 113 cm³/mol. The summed E-state index contributed by atoms with van der Waals surface area (Å²) in [5, 5.41) is 17.6. The monoisotopic (exact) mass is 484 g/mol. The van der Waals surface area contributed by atoms with Crippen molar-refractivity contribution < 1.29 is 31.5 Å². The van der Waals surface area contributed by atoms with E-state index in [0.717, 1.165) is 10.9 Å². The molecule has 0 saturated heterocycles. The number of carbonyl (C=O) groups is 1. The van der Waals surface area contributed by atoms with Crippen molar-refractivity contribution in [3.05, 3.63) is 53.0 Å². The quantitative estimate of drug-likeness (QED) is 0.514. The zero-order valence-electron chi connectivity index (χ0n) is 17.8. The van der Waals surface area contributed by atoms with Crippen molar-refractivity contribution in [2.75, 3.05) is 15.9 Å². The fourth-order valence-corrected chi connectivity index (χ4v) is 3.84. The van der Waals surface area contributed by atoms with Crippen molar-refractivity contribution in [1.29, 1.82) is 0 Å². The van der Waals surface area contributed by atoms with Crippen LogP contribution in [0.3, 0.4) is 0 Å². The maximum Gasteiger partial charge on any atom is 0.413 e. The van der Waals surface area contributed by atoms with E-state index in [4.69, 9.17) is 0 Å². The molecular weight excluding hydrogens is 465 g/mol. The van der Waals surface area contributed by atoms with E-state index in [1.54, 1.807) is 0 Å². The minimum absolute atomic E-state index is 0.0104. The normalized spacial score (nSPS) is 12.5. The molecule has 0 aliphatic carbocycles. The molecule has 14 heteroatoms. The molecule has 0 aliphatic rings. The summed E-state index contributed by atoms with van der Waals surface area (Å²) >= 11 is 0. The number of pyridine rings is 1. The summed E-state index contributed by atoms with van der Waals surface area (Å²) in [6, 6.07) is 2.43. The summed E-state index contributed by atoms with van der Waals surface area (Å²) in [6.45, 7) is 2.82. The average molecular weight is 484 g/mol. The first kappa shape index (κ1) is 24.0. The number of benzene rings is 1. The van der Waals surface area contributed by atoms with Gasteiger partial charge in [-0.05, 0) is 32.0 Å². The number of nitrogens with zero attached hydrogens (tertiary/aromatic N) is 5. The van der Waals surface area contributed by atoms with E-state index >= 15 is 0 Å². The van der Waals surface area contributed by atoms with Gasteiger partial charge < -0.3 is 5.11 Å². The molecule has 10 nitrogen and oxygen atoms in total. The number of carboxylic acid groups (broad SMARTS) is 1. The van der Waals surface area contributed by atoms with Gasteiger partial charge in [0.2, 0.25) is 10.0 Å². The Morgan fingerprint density at radius 2 is 1.82 bits per heavy atom. The molecule has 1 aromatic carbocycles. The van der Waals surface area contributed by atoms with Crippen LogP contribution in [0.1, 0.15) is 24.2 Å². The number of aromatic nitrogens is 4. The third-order valence-electron chi connectivity index (χ3n) is 4.73. The second-order valence-corrected chi connectivity index (χ2v) is 8.95. The van der Waals surface area contributed by atoms with E-state index in [0.29, 0.717) is 17.0 Å². The minimum atomic E-state index is -3.56. The molecule has 3 aromatic rings. The largest absolute Gasteiger partial charge is 0.465 e. The van der Waals surface area contributed by atoms with Crippen molar-refractivity contribution in [3.63, 3.8) is 0 Å². The Labute approximate surface area is 186 Å². The second-order valence-electron chi connectivity index (χ2n) is 7.21. The Kier molecular flexibility index (Phi) is 6.31. The SMILES string of the molecule is Cc1nc(-c2nnn(C)c2N(C(=O)O)[C@H](C)c2cc(F)c(F)cc2F)ccc1NS(C)(=O)=O. The first-order valence-electron chi connectivity index (χ1n) is 9.32. The zero-order valence-corrected chi connectivity index (χ0v) is 18.7. The lowest BCUT2D eigenvalue weighted by molar-refractivity contribution is 0.199. The molecule has 0 unspecified atom stereocenters. The van der Waals surface area contributed by atoms with E-state index in [9.17, 15) is 31.5 Å². The number of halogens is 3. The van der Waals surface area contributed by atoms with Crippen molar-refractivity contribution in [2.45, 2.75) is 19.9 Å². The van der Waals surface area contributed by atoms with E-state index < -0.39 is 45.2 Å². The van der Waals surface area contributed by atoms with Gasteiger partial charge in [-0.1, -0.05) is 5.21 Å². The number of sulfonamides is 1. The molecule has 2 heterocycles. The molecule has 33 heavy (non-hydrogen) atoms. The van der Waals surface area contributed by atoms with Crippen LogP contribution in [0.2, 0.25) is 0 Å². The zero-order chi connectivity index (χ0) is 24.7. The lowest BCUT2D eigenvalue weighted by Gasteiger charge is -2.27. The van der Waals surface area contributed by atoms with Gasteiger partial charge in [-0.3, -0.25) is 9.62 Å². The van der Waals surface area contributed by atoms with E-state index in [-0.39, 0.29) is 28.6 Å². The summed E-state index contributed by atoms with van der Waals surface area (Å²) in [5.41, 5.74) is 0.220. The molecule has 2 N–H and O–H groups in total. The van der Waals surface area contributed by atoms with Gasteiger partial charge in [-0.25, -0.2) is 36.0 Å². The van der Waals surface area contributed by atoms with E-state index in [2.05, 4.69) is 20.0 Å². The average Bonchev–Trinajstić information content (AvgIpc) is 3.06. The molecule has 0 aliphatic heterocycles. The van der Waals surface area contributed by atoms with E-state index in [1.807, 2.05) is 0 Å². The first-order chi connectivity index (χ1) is 15.3. The highest BCUT2D eigenvalue weighted by Gasteiger charge is 2.32. The predicted octanol–water partition coefficient (Wildman–Crippen LogP) is 3.22. The Morgan fingerprint density at radius 1 is 1.18 bits per heavy atom. The van der Waals surface area contributed by atoms with Crippen molar-refractivity contribution in [2.24, 2.45) is 7.05 Å². The van der Waals surface area contributed by atoms with Gasteiger partial charge in [0.15, 0.2) is 23.1 Å². The van der Waals surface area contributed by atoms with Crippen molar-refractivity contribution in [3.8, 4) is 11.4 Å². The molecule has 1 atom stereocenters.